The van der Waals surface area contributed by atoms with Gasteiger partial charge in [0, 0.05) is 0 Å². The smallest absolute Gasteiger partial charge is 0.167 e. The lowest BCUT2D eigenvalue weighted by Gasteiger charge is -2.15. The van der Waals surface area contributed by atoms with Gasteiger partial charge in [0.1, 0.15) is 0 Å². The summed E-state index contributed by atoms with van der Waals surface area (Å²) >= 11 is 0. The number of nitrogens with zero attached hydrogens (tertiary/aromatic N) is 4. The van der Waals surface area contributed by atoms with E-state index in [-0.39, 0.29) is 6.04 Å². The molecule has 5 heteroatoms. The third kappa shape index (κ3) is 2.17. The molecule has 2 N–H and O–H groups in total. The quantitative estimate of drug-likeness (QED) is 0.793. The molecule has 1 aromatic rings. The van der Waals surface area contributed by atoms with Crippen LogP contribution in [0.25, 0.3) is 0 Å². The standard InChI is InChI=1S/C10H19N5/c1-3-4-10(5-6-10)7-15-9(8(2)11)12-13-14-15/h8H,3-7,11H2,1-2H3. The van der Waals surface area contributed by atoms with Crippen molar-refractivity contribution in [2.75, 3.05) is 0 Å². The fraction of sp³-hybridized carbons (Fsp3) is 0.900. The lowest BCUT2D eigenvalue weighted by Crippen LogP contribution is -2.19. The maximum Gasteiger partial charge on any atom is 0.167 e. The van der Waals surface area contributed by atoms with E-state index in [0.29, 0.717) is 5.41 Å². The summed E-state index contributed by atoms with van der Waals surface area (Å²) in [5.41, 5.74) is 6.27. The van der Waals surface area contributed by atoms with Crippen molar-refractivity contribution in [3.63, 3.8) is 0 Å². The lowest BCUT2D eigenvalue weighted by molar-refractivity contribution is 0.352. The zero-order chi connectivity index (χ0) is 10.9. The first-order valence-corrected chi connectivity index (χ1v) is 5.68. The minimum atomic E-state index is -0.0857. The van der Waals surface area contributed by atoms with Gasteiger partial charge in [0.25, 0.3) is 0 Å². The van der Waals surface area contributed by atoms with Crippen LogP contribution in [-0.4, -0.2) is 20.2 Å². The minimum Gasteiger partial charge on any atom is -0.322 e. The molecule has 0 spiro atoms. The van der Waals surface area contributed by atoms with Gasteiger partial charge in [-0.15, -0.1) is 5.10 Å². The number of hydrogen-bond donors (Lipinski definition) is 1. The van der Waals surface area contributed by atoms with Gasteiger partial charge in [-0.25, -0.2) is 4.68 Å². The van der Waals surface area contributed by atoms with Crippen LogP contribution in [0, 0.1) is 5.41 Å². The Morgan fingerprint density at radius 2 is 2.27 bits per heavy atom. The summed E-state index contributed by atoms with van der Waals surface area (Å²) < 4.78 is 1.88. The van der Waals surface area contributed by atoms with Crippen LogP contribution in [0.2, 0.25) is 0 Å². The lowest BCUT2D eigenvalue weighted by atomic mass is 10.0. The summed E-state index contributed by atoms with van der Waals surface area (Å²) in [4.78, 5) is 0. The molecule has 1 atom stereocenters. The summed E-state index contributed by atoms with van der Waals surface area (Å²) in [6.07, 6.45) is 5.11. The van der Waals surface area contributed by atoms with Gasteiger partial charge in [-0.05, 0) is 42.0 Å². The Labute approximate surface area is 90.0 Å². The van der Waals surface area contributed by atoms with Crippen LogP contribution >= 0.6 is 0 Å². The van der Waals surface area contributed by atoms with Crippen LogP contribution in [0.5, 0.6) is 0 Å². The van der Waals surface area contributed by atoms with E-state index in [1.807, 2.05) is 11.6 Å². The van der Waals surface area contributed by atoms with Gasteiger partial charge in [0.15, 0.2) is 5.82 Å². The summed E-state index contributed by atoms with van der Waals surface area (Å²) in [6, 6.07) is -0.0857. The molecule has 0 bridgehead atoms. The molecule has 2 rings (SSSR count). The Morgan fingerprint density at radius 1 is 1.53 bits per heavy atom. The van der Waals surface area contributed by atoms with E-state index in [1.165, 1.54) is 25.7 Å². The molecule has 1 saturated carbocycles. The predicted molar refractivity (Wildman–Crippen MR) is 57.0 cm³/mol. The summed E-state index contributed by atoms with van der Waals surface area (Å²) in [7, 11) is 0. The Kier molecular flexibility index (Phi) is 2.73. The average Bonchev–Trinajstić information content (AvgIpc) is 2.77. The molecule has 1 fully saturated rings. The highest BCUT2D eigenvalue weighted by molar-refractivity contribution is 4.96. The molecule has 0 amide bonds. The first-order valence-electron chi connectivity index (χ1n) is 5.68. The number of aromatic nitrogens is 4. The first kappa shape index (κ1) is 10.5. The number of tetrazole rings is 1. The highest BCUT2D eigenvalue weighted by Crippen LogP contribution is 2.50. The van der Waals surface area contributed by atoms with Gasteiger partial charge in [0.2, 0.25) is 0 Å². The molecule has 1 aliphatic carbocycles. The van der Waals surface area contributed by atoms with Crippen molar-refractivity contribution in [2.24, 2.45) is 11.1 Å². The second kappa shape index (κ2) is 3.89. The Hall–Kier alpha value is -0.970. The van der Waals surface area contributed by atoms with E-state index in [2.05, 4.69) is 22.4 Å². The normalized spacial score (nSPS) is 20.2. The molecule has 5 nitrogen and oxygen atoms in total. The van der Waals surface area contributed by atoms with E-state index in [1.54, 1.807) is 0 Å². The molecule has 1 unspecified atom stereocenters. The Morgan fingerprint density at radius 3 is 2.80 bits per heavy atom. The summed E-state index contributed by atoms with van der Waals surface area (Å²) in [5, 5.41) is 11.7. The van der Waals surface area contributed by atoms with E-state index in [0.717, 1.165) is 12.4 Å². The molecular weight excluding hydrogens is 190 g/mol. The maximum atomic E-state index is 5.81. The van der Waals surface area contributed by atoms with Crippen molar-refractivity contribution in [3.8, 4) is 0 Å². The molecule has 1 aliphatic rings. The summed E-state index contributed by atoms with van der Waals surface area (Å²) in [6.45, 7) is 5.08. The van der Waals surface area contributed by atoms with Crippen molar-refractivity contribution in [3.05, 3.63) is 5.82 Å². The van der Waals surface area contributed by atoms with E-state index in [9.17, 15) is 0 Å². The Balaban J connectivity index is 2.07. The highest BCUT2D eigenvalue weighted by Gasteiger charge is 2.42. The van der Waals surface area contributed by atoms with Gasteiger partial charge in [-0.2, -0.15) is 0 Å². The monoisotopic (exact) mass is 209 g/mol. The van der Waals surface area contributed by atoms with Crippen LogP contribution in [0.4, 0.5) is 0 Å². The molecule has 84 valence electrons. The highest BCUT2D eigenvalue weighted by atomic mass is 15.5. The molecule has 0 saturated heterocycles. The molecule has 0 aromatic carbocycles. The van der Waals surface area contributed by atoms with Gasteiger partial charge < -0.3 is 5.73 Å². The minimum absolute atomic E-state index is 0.0857. The Bertz CT molecular complexity index is 326. The number of nitrogens with two attached hydrogens (primary N) is 1. The SMILES string of the molecule is CCCC1(Cn2nnnc2C(C)N)CC1. The van der Waals surface area contributed by atoms with Gasteiger partial charge in [0.05, 0.1) is 12.6 Å². The van der Waals surface area contributed by atoms with Gasteiger partial charge >= 0.3 is 0 Å². The average molecular weight is 209 g/mol. The molecule has 0 radical (unpaired) electrons. The van der Waals surface area contributed by atoms with E-state index < -0.39 is 0 Å². The number of hydrogen-bond acceptors (Lipinski definition) is 4. The van der Waals surface area contributed by atoms with Gasteiger partial charge in [-0.1, -0.05) is 13.3 Å². The maximum absolute atomic E-state index is 5.81. The van der Waals surface area contributed by atoms with Crippen molar-refractivity contribution in [2.45, 2.75) is 52.1 Å². The fourth-order valence-electron chi connectivity index (χ4n) is 2.16. The first-order chi connectivity index (χ1) is 7.17. The molecule has 1 aromatic heterocycles. The van der Waals surface area contributed by atoms with Crippen molar-refractivity contribution in [1.29, 1.82) is 0 Å². The largest absolute Gasteiger partial charge is 0.322 e. The van der Waals surface area contributed by atoms with E-state index >= 15 is 0 Å². The zero-order valence-electron chi connectivity index (χ0n) is 9.48. The molecule has 1 heterocycles. The third-order valence-corrected chi connectivity index (χ3v) is 3.19. The zero-order valence-corrected chi connectivity index (χ0v) is 9.48. The van der Waals surface area contributed by atoms with Gasteiger partial charge in [-0.3, -0.25) is 0 Å². The second-order valence-corrected chi connectivity index (χ2v) is 4.73. The number of rotatable bonds is 5. The van der Waals surface area contributed by atoms with Crippen LogP contribution < -0.4 is 5.73 Å². The topological polar surface area (TPSA) is 69.6 Å². The van der Waals surface area contributed by atoms with Crippen molar-refractivity contribution >= 4 is 0 Å². The van der Waals surface area contributed by atoms with Crippen molar-refractivity contribution < 1.29 is 0 Å². The third-order valence-electron chi connectivity index (χ3n) is 3.19. The second-order valence-electron chi connectivity index (χ2n) is 4.73. The van der Waals surface area contributed by atoms with Crippen LogP contribution in [0.1, 0.15) is 51.4 Å². The van der Waals surface area contributed by atoms with E-state index in [4.69, 9.17) is 5.73 Å². The summed E-state index contributed by atoms with van der Waals surface area (Å²) in [5.74, 6) is 0.803. The fourth-order valence-corrected chi connectivity index (χ4v) is 2.16. The van der Waals surface area contributed by atoms with Crippen LogP contribution in [-0.2, 0) is 6.54 Å². The van der Waals surface area contributed by atoms with Crippen LogP contribution in [0.3, 0.4) is 0 Å². The predicted octanol–water partition coefficient (Wildman–Crippen LogP) is 1.27. The van der Waals surface area contributed by atoms with Crippen LogP contribution in [0.15, 0.2) is 0 Å². The molecular formula is C10H19N5. The van der Waals surface area contributed by atoms with Crippen molar-refractivity contribution in [1.82, 2.24) is 20.2 Å². The molecule has 0 aliphatic heterocycles. The molecule has 15 heavy (non-hydrogen) atoms.